The average molecular weight is 1000 g/mol. The summed E-state index contributed by atoms with van der Waals surface area (Å²) in [4.78, 5) is 25.4. The molecular weight excluding hydrogens is 900 g/mol. The molecule has 0 bridgehead atoms. The second-order valence-electron chi connectivity index (χ2n) is 19.2. The molecule has 0 aromatic rings. The number of likely N-dealkylation sites (N-methyl/N-ethyl adjacent to an activating group) is 1. The van der Waals surface area contributed by atoms with Crippen LogP contribution in [0.25, 0.3) is 0 Å². The Kier molecular flexibility index (Phi) is 48.7. The highest BCUT2D eigenvalue weighted by atomic mass is 31.2. The standard InChI is InChI=1S/C62H103N2O6P/c1-6-8-10-12-14-16-18-20-22-24-26-28-29-30-31-32-33-34-35-36-38-40-42-44-46-48-50-52-54-56-62(66)63-60(59-70-71(67,68)69-58-57-64(3,4)5)61(65)55-53-51-49-47-45-43-41-39-37-27-25-23-21-19-17-15-13-11-9-7-2/h8,10,14,16,20,22,26,28,30-31,33-34,36-39,42,44-45,47-48,50,53,55,60-61,65H,6-7,9,11-13,15,17-19,21,23-25,27,29,32,35,40-41,43,46,49,51-52,54,56-59H2,1-5H3,(H-,63,66,67,68)/b10-8-,16-14-,22-20-,28-26-,31-30-,34-33-,38-36-,39-37+,44-42-,47-45+,50-48-,55-53+. The predicted molar refractivity (Wildman–Crippen MR) is 306 cm³/mol. The monoisotopic (exact) mass is 1000 g/mol. The molecule has 8 nitrogen and oxygen atoms in total. The summed E-state index contributed by atoms with van der Waals surface area (Å²) in [5.74, 6) is -0.276. The molecule has 0 aliphatic rings. The van der Waals surface area contributed by atoms with Gasteiger partial charge in [0.2, 0.25) is 5.91 Å². The highest BCUT2D eigenvalue weighted by Gasteiger charge is 2.23. The molecule has 0 aromatic carbocycles. The Hall–Kier alpha value is -3.62. The van der Waals surface area contributed by atoms with E-state index in [0.29, 0.717) is 23.9 Å². The normalized spacial score (nSPS) is 15.1. The van der Waals surface area contributed by atoms with Crippen LogP contribution in [0.1, 0.15) is 187 Å². The van der Waals surface area contributed by atoms with Crippen LogP contribution in [0.2, 0.25) is 0 Å². The molecule has 3 unspecified atom stereocenters. The van der Waals surface area contributed by atoms with Gasteiger partial charge in [-0.05, 0) is 109 Å². The molecule has 0 heterocycles. The lowest BCUT2D eigenvalue weighted by atomic mass is 10.1. The summed E-state index contributed by atoms with van der Waals surface area (Å²) in [5, 5.41) is 13.8. The van der Waals surface area contributed by atoms with Gasteiger partial charge in [0.15, 0.2) is 0 Å². The molecule has 2 N–H and O–H groups in total. The van der Waals surface area contributed by atoms with Gasteiger partial charge in [0, 0.05) is 6.42 Å². The van der Waals surface area contributed by atoms with Gasteiger partial charge in [-0.2, -0.15) is 0 Å². The highest BCUT2D eigenvalue weighted by molar-refractivity contribution is 7.45. The van der Waals surface area contributed by atoms with Gasteiger partial charge in [0.05, 0.1) is 39.9 Å². The van der Waals surface area contributed by atoms with Crippen molar-refractivity contribution in [2.75, 3.05) is 40.9 Å². The number of aliphatic hydroxyl groups is 1. The summed E-state index contributed by atoms with van der Waals surface area (Å²) in [7, 11) is 1.17. The molecule has 0 radical (unpaired) electrons. The maximum atomic E-state index is 12.9. The van der Waals surface area contributed by atoms with Gasteiger partial charge in [-0.25, -0.2) is 0 Å². The summed E-state index contributed by atoms with van der Waals surface area (Å²) in [6.45, 7) is 4.44. The molecule has 0 aliphatic carbocycles. The molecule has 1 amide bonds. The number of carbonyl (C=O) groups excluding carboxylic acids is 1. The average Bonchev–Trinajstić information content (AvgIpc) is 3.33. The molecule has 402 valence electrons. The highest BCUT2D eigenvalue weighted by Crippen LogP contribution is 2.38. The number of rotatable bonds is 48. The van der Waals surface area contributed by atoms with Crippen LogP contribution in [0.3, 0.4) is 0 Å². The number of allylic oxidation sites excluding steroid dienone is 23. The van der Waals surface area contributed by atoms with E-state index in [0.717, 1.165) is 83.5 Å². The number of nitrogens with zero attached hydrogens (tertiary/aromatic N) is 1. The number of unbranched alkanes of at least 4 members (excludes halogenated alkanes) is 13. The number of hydrogen-bond acceptors (Lipinski definition) is 6. The zero-order chi connectivity index (χ0) is 52.0. The van der Waals surface area contributed by atoms with E-state index in [1.807, 2.05) is 27.2 Å². The van der Waals surface area contributed by atoms with Crippen LogP contribution < -0.4 is 10.2 Å². The topological polar surface area (TPSA) is 108 Å². The van der Waals surface area contributed by atoms with Gasteiger partial charge < -0.3 is 28.8 Å². The van der Waals surface area contributed by atoms with E-state index in [1.165, 1.54) is 70.6 Å². The molecular formula is C62H103N2O6P. The third-order valence-electron chi connectivity index (χ3n) is 11.3. The molecule has 0 aromatic heterocycles. The van der Waals surface area contributed by atoms with Crippen molar-refractivity contribution >= 4 is 13.7 Å². The first-order valence-corrected chi connectivity index (χ1v) is 29.2. The van der Waals surface area contributed by atoms with Crippen molar-refractivity contribution in [1.29, 1.82) is 0 Å². The van der Waals surface area contributed by atoms with E-state index in [2.05, 4.69) is 153 Å². The van der Waals surface area contributed by atoms with E-state index < -0.39 is 26.6 Å². The number of carbonyl (C=O) groups is 1. The smallest absolute Gasteiger partial charge is 0.268 e. The minimum Gasteiger partial charge on any atom is -0.756 e. The van der Waals surface area contributed by atoms with Gasteiger partial charge >= 0.3 is 0 Å². The Morgan fingerprint density at radius 1 is 0.507 bits per heavy atom. The number of phosphoric acid groups is 1. The van der Waals surface area contributed by atoms with Crippen LogP contribution in [0, 0.1) is 0 Å². The van der Waals surface area contributed by atoms with Gasteiger partial charge in [-0.1, -0.05) is 217 Å². The second-order valence-corrected chi connectivity index (χ2v) is 20.6. The van der Waals surface area contributed by atoms with Crippen molar-refractivity contribution in [2.24, 2.45) is 0 Å². The number of hydrogen-bond donors (Lipinski definition) is 2. The van der Waals surface area contributed by atoms with Gasteiger partial charge in [-0.3, -0.25) is 9.36 Å². The number of aliphatic hydroxyl groups excluding tert-OH is 1. The Labute approximate surface area is 436 Å². The Balaban J connectivity index is 4.48. The molecule has 0 fully saturated rings. The third kappa shape index (κ3) is 54.0. The molecule has 0 spiro atoms. The number of amides is 1. The van der Waals surface area contributed by atoms with Crippen molar-refractivity contribution in [3.8, 4) is 0 Å². The first-order valence-electron chi connectivity index (χ1n) is 27.7. The van der Waals surface area contributed by atoms with E-state index in [1.54, 1.807) is 6.08 Å². The van der Waals surface area contributed by atoms with E-state index in [9.17, 15) is 19.4 Å². The maximum Gasteiger partial charge on any atom is 0.268 e. The number of quaternary nitrogens is 1. The van der Waals surface area contributed by atoms with Gasteiger partial charge in [0.25, 0.3) is 7.82 Å². The third-order valence-corrected chi connectivity index (χ3v) is 12.2. The fourth-order valence-electron chi connectivity index (χ4n) is 6.95. The summed E-state index contributed by atoms with van der Waals surface area (Å²) in [6.07, 6.45) is 79.3. The molecule has 71 heavy (non-hydrogen) atoms. The lowest BCUT2D eigenvalue weighted by molar-refractivity contribution is -0.870. The second kappa shape index (κ2) is 51.3. The molecule has 0 saturated heterocycles. The number of phosphoric ester groups is 1. The summed E-state index contributed by atoms with van der Waals surface area (Å²) < 4.78 is 23.3. The summed E-state index contributed by atoms with van der Waals surface area (Å²) >= 11 is 0. The van der Waals surface area contributed by atoms with Crippen LogP contribution in [0.4, 0.5) is 0 Å². The minimum atomic E-state index is -4.64. The van der Waals surface area contributed by atoms with Crippen molar-refractivity contribution < 1.29 is 32.9 Å². The predicted octanol–water partition coefficient (Wildman–Crippen LogP) is 16.3. The lowest BCUT2D eigenvalue weighted by Gasteiger charge is -2.29. The molecule has 0 saturated carbocycles. The lowest BCUT2D eigenvalue weighted by Crippen LogP contribution is -2.45. The molecule has 0 rings (SSSR count). The Morgan fingerprint density at radius 3 is 1.31 bits per heavy atom. The van der Waals surface area contributed by atoms with E-state index >= 15 is 0 Å². The quantitative estimate of drug-likeness (QED) is 0.0272. The largest absolute Gasteiger partial charge is 0.756 e. The molecule has 9 heteroatoms. The van der Waals surface area contributed by atoms with Crippen LogP contribution in [0.5, 0.6) is 0 Å². The minimum absolute atomic E-state index is 0.0287. The van der Waals surface area contributed by atoms with Crippen LogP contribution >= 0.6 is 7.82 Å². The van der Waals surface area contributed by atoms with Crippen molar-refractivity contribution in [3.63, 3.8) is 0 Å². The first-order chi connectivity index (χ1) is 34.5. The zero-order valence-electron chi connectivity index (χ0n) is 45.6. The van der Waals surface area contributed by atoms with Crippen LogP contribution in [0.15, 0.2) is 146 Å². The maximum absolute atomic E-state index is 12.9. The molecule has 0 aliphatic heterocycles. The van der Waals surface area contributed by atoms with Gasteiger partial charge in [-0.15, -0.1) is 0 Å². The fraction of sp³-hybridized carbons (Fsp3) is 0.597. The fourth-order valence-corrected chi connectivity index (χ4v) is 7.67. The van der Waals surface area contributed by atoms with Gasteiger partial charge in [0.1, 0.15) is 13.2 Å². The van der Waals surface area contributed by atoms with Crippen molar-refractivity contribution in [1.82, 2.24) is 5.32 Å². The Morgan fingerprint density at radius 2 is 0.873 bits per heavy atom. The first kappa shape index (κ1) is 67.4. The SMILES string of the molecule is CC/C=C\C/C=C\C/C=C\C/C=C\C/C=C\C/C=C\C/C=C\C/C=C\C/C=C\CCCC(=O)NC(COP(=O)([O-])OCC[N+](C)(C)C)C(O)/C=C/CC/C=C/CC/C=C/CCCCCCCCCCCC. The summed E-state index contributed by atoms with van der Waals surface area (Å²) in [6, 6.07) is -0.953. The van der Waals surface area contributed by atoms with Crippen LogP contribution in [-0.2, 0) is 18.4 Å². The number of nitrogens with one attached hydrogen (secondary N) is 1. The van der Waals surface area contributed by atoms with E-state index in [-0.39, 0.29) is 18.9 Å². The van der Waals surface area contributed by atoms with Crippen molar-refractivity contribution in [2.45, 2.75) is 199 Å². The zero-order valence-corrected chi connectivity index (χ0v) is 46.5. The van der Waals surface area contributed by atoms with Crippen molar-refractivity contribution in [3.05, 3.63) is 146 Å². The summed E-state index contributed by atoms with van der Waals surface area (Å²) in [5.41, 5.74) is 0. The van der Waals surface area contributed by atoms with Crippen LogP contribution in [-0.4, -0.2) is 68.5 Å². The molecule has 3 atom stereocenters. The Bertz CT molecular complexity index is 1660. The van der Waals surface area contributed by atoms with E-state index in [4.69, 9.17) is 9.05 Å².